The van der Waals surface area contributed by atoms with E-state index in [0.29, 0.717) is 24.9 Å². The van der Waals surface area contributed by atoms with Crippen LogP contribution < -0.4 is 10.9 Å². The van der Waals surface area contributed by atoms with Gasteiger partial charge in [-0.25, -0.2) is 9.37 Å². The zero-order valence-electron chi connectivity index (χ0n) is 23.3. The average molecular weight is 588 g/mol. The van der Waals surface area contributed by atoms with Crippen LogP contribution >= 0.6 is 11.6 Å². The van der Waals surface area contributed by atoms with E-state index in [-0.39, 0.29) is 29.2 Å². The maximum atomic E-state index is 13.7. The Labute approximate surface area is 242 Å². The molecule has 4 heterocycles. The number of hydrogen-bond donors (Lipinski definition) is 2. The van der Waals surface area contributed by atoms with Gasteiger partial charge in [0.15, 0.2) is 5.69 Å². The molecule has 1 aromatic carbocycles. The van der Waals surface area contributed by atoms with Gasteiger partial charge in [-0.3, -0.25) is 23.7 Å². The minimum atomic E-state index is -0.930. The molecule has 12 heteroatoms. The van der Waals surface area contributed by atoms with Gasteiger partial charge >= 0.3 is 0 Å². The van der Waals surface area contributed by atoms with Crippen LogP contribution in [0.3, 0.4) is 0 Å². The molecule has 4 aliphatic rings. The van der Waals surface area contributed by atoms with Crippen molar-refractivity contribution in [2.75, 3.05) is 33.7 Å². The minimum absolute atomic E-state index is 0.0434. The Kier molecular flexibility index (Phi) is 7.95. The third-order valence-corrected chi connectivity index (χ3v) is 9.22. The second-order valence-electron chi connectivity index (χ2n) is 12.0. The van der Waals surface area contributed by atoms with Gasteiger partial charge in [0.1, 0.15) is 11.6 Å². The molecule has 1 aliphatic carbocycles. The number of carbonyl (C=O) groups is 3. The van der Waals surface area contributed by atoms with Crippen molar-refractivity contribution in [1.29, 1.82) is 0 Å². The molecule has 2 fully saturated rings. The summed E-state index contributed by atoms with van der Waals surface area (Å²) in [6.07, 6.45) is 4.62. The normalized spacial score (nSPS) is 23.6. The molecular weight excluding hydrogens is 553 g/mol. The summed E-state index contributed by atoms with van der Waals surface area (Å²) < 4.78 is 15.0. The minimum Gasteiger partial charge on any atom is -0.501 e. The first-order chi connectivity index (χ1) is 19.4. The first-order valence-electron chi connectivity index (χ1n) is 14.0. The van der Waals surface area contributed by atoms with Crippen molar-refractivity contribution in [3.05, 3.63) is 56.5 Å². The number of halogens is 2. The van der Waals surface area contributed by atoms with Crippen LogP contribution in [0.2, 0.25) is 5.02 Å². The van der Waals surface area contributed by atoms with E-state index in [4.69, 9.17) is 11.6 Å². The SMILES string of the molecule is CN(C)C(=O)C(=O)CC12CCC(CN3CCCC3)(CC1)Cn1c2nc(C(=O)NCc2ccc(F)c(Cl)c2)c(O)c1=O. The number of aromatic hydroxyl groups is 1. The van der Waals surface area contributed by atoms with Gasteiger partial charge in [0.2, 0.25) is 11.5 Å². The lowest BCUT2D eigenvalue weighted by Gasteiger charge is -2.43. The standard InChI is InChI=1S/C29H35ClFN5O5/c1-34(2)25(40)21(37)14-29-9-7-28(8-10-29,16-35-11-3-4-12-35)17-36-26(41)23(38)22(33-27(29)36)24(39)32-15-18-5-6-20(31)19(30)13-18/h5-6,13,38H,3-4,7-12,14-17H2,1-2H3,(H,32,39). The third kappa shape index (κ3) is 5.61. The third-order valence-electron chi connectivity index (χ3n) is 8.93. The number of likely N-dealkylation sites (N-methyl/N-ethyl adjacent to an activating group) is 1. The summed E-state index contributed by atoms with van der Waals surface area (Å²) in [4.78, 5) is 60.8. The van der Waals surface area contributed by atoms with Crippen LogP contribution in [0.5, 0.6) is 5.75 Å². The summed E-state index contributed by atoms with van der Waals surface area (Å²) in [5, 5.41) is 13.4. The second kappa shape index (κ2) is 11.2. The number of fused-ring (bicyclic) bond motifs is 2. The van der Waals surface area contributed by atoms with Crippen molar-refractivity contribution in [3.63, 3.8) is 0 Å². The topological polar surface area (TPSA) is 125 Å². The molecule has 2 bridgehead atoms. The summed E-state index contributed by atoms with van der Waals surface area (Å²) in [6.45, 7) is 3.05. The van der Waals surface area contributed by atoms with Crippen LogP contribution in [-0.2, 0) is 28.1 Å². The van der Waals surface area contributed by atoms with Crippen molar-refractivity contribution < 1.29 is 23.9 Å². The number of nitrogens with zero attached hydrogens (tertiary/aromatic N) is 4. The molecule has 1 saturated carbocycles. The molecule has 2 aromatic rings. The van der Waals surface area contributed by atoms with Gasteiger partial charge in [0.05, 0.1) is 5.02 Å². The predicted molar refractivity (Wildman–Crippen MR) is 149 cm³/mol. The molecule has 0 radical (unpaired) electrons. The van der Waals surface area contributed by atoms with Gasteiger partial charge in [0, 0.05) is 51.0 Å². The molecule has 220 valence electrons. The molecule has 0 spiro atoms. The highest BCUT2D eigenvalue weighted by Crippen LogP contribution is 2.53. The molecule has 1 saturated heterocycles. The van der Waals surface area contributed by atoms with Crippen LogP contribution in [0.4, 0.5) is 4.39 Å². The Hall–Kier alpha value is -3.31. The van der Waals surface area contributed by atoms with Crippen LogP contribution in [0.25, 0.3) is 0 Å². The summed E-state index contributed by atoms with van der Waals surface area (Å²) in [7, 11) is 3.02. The van der Waals surface area contributed by atoms with Crippen molar-refractivity contribution in [2.24, 2.45) is 5.41 Å². The smallest absolute Gasteiger partial charge is 0.296 e. The molecular formula is C29H35ClFN5O5. The first-order valence-corrected chi connectivity index (χ1v) is 14.3. The molecule has 10 nitrogen and oxygen atoms in total. The Morgan fingerprint density at radius 3 is 2.46 bits per heavy atom. The van der Waals surface area contributed by atoms with E-state index in [0.717, 1.165) is 45.3 Å². The zero-order valence-corrected chi connectivity index (χ0v) is 24.1. The van der Waals surface area contributed by atoms with Crippen molar-refractivity contribution >= 4 is 29.2 Å². The fourth-order valence-corrected chi connectivity index (χ4v) is 6.86. The quantitative estimate of drug-likeness (QED) is 0.455. The molecule has 0 atom stereocenters. The number of aromatic nitrogens is 2. The van der Waals surface area contributed by atoms with Crippen molar-refractivity contribution in [1.82, 2.24) is 24.7 Å². The second-order valence-corrected chi connectivity index (χ2v) is 12.4. The first kappa shape index (κ1) is 29.2. The Balaban J connectivity index is 1.52. The fraction of sp³-hybridized carbons (Fsp3) is 0.552. The zero-order chi connectivity index (χ0) is 29.5. The summed E-state index contributed by atoms with van der Waals surface area (Å²) >= 11 is 5.84. The van der Waals surface area contributed by atoms with Crippen molar-refractivity contribution in [2.45, 2.75) is 63.5 Å². The van der Waals surface area contributed by atoms with Crippen LogP contribution in [-0.4, -0.2) is 75.8 Å². The number of Topliss-reactive ketones (excluding diaryl/α,β-unsaturated/α-hetero) is 1. The van der Waals surface area contributed by atoms with Gasteiger partial charge in [0.25, 0.3) is 17.4 Å². The molecule has 2 amide bonds. The summed E-state index contributed by atoms with van der Waals surface area (Å²) in [6, 6.07) is 4.01. The van der Waals surface area contributed by atoms with Crippen LogP contribution in [0, 0.1) is 11.2 Å². The maximum Gasteiger partial charge on any atom is 0.296 e. The molecule has 3 aliphatic heterocycles. The monoisotopic (exact) mass is 587 g/mol. The lowest BCUT2D eigenvalue weighted by atomic mass is 9.62. The van der Waals surface area contributed by atoms with E-state index in [1.165, 1.54) is 41.8 Å². The number of benzene rings is 1. The van der Waals surface area contributed by atoms with Crippen LogP contribution in [0.1, 0.15) is 66.8 Å². The number of likely N-dealkylation sites (tertiary alicyclic amines) is 1. The lowest BCUT2D eigenvalue weighted by molar-refractivity contribution is -0.144. The van der Waals surface area contributed by atoms with Crippen molar-refractivity contribution in [3.8, 4) is 5.75 Å². The number of amides is 2. The van der Waals surface area contributed by atoms with Gasteiger partial charge < -0.3 is 20.2 Å². The Bertz CT molecular complexity index is 1440. The number of ketones is 1. The average Bonchev–Trinajstić information content (AvgIpc) is 3.36. The number of hydrogen-bond acceptors (Lipinski definition) is 7. The molecule has 0 unspecified atom stereocenters. The lowest BCUT2D eigenvalue weighted by Crippen LogP contribution is -2.44. The number of nitrogens with one attached hydrogen (secondary N) is 1. The van der Waals surface area contributed by atoms with E-state index >= 15 is 0 Å². The molecule has 1 aromatic heterocycles. The Morgan fingerprint density at radius 2 is 1.83 bits per heavy atom. The largest absolute Gasteiger partial charge is 0.501 e. The fourth-order valence-electron chi connectivity index (χ4n) is 6.66. The highest BCUT2D eigenvalue weighted by Gasteiger charge is 2.52. The van der Waals surface area contributed by atoms with E-state index in [1.54, 1.807) is 0 Å². The highest BCUT2D eigenvalue weighted by atomic mass is 35.5. The van der Waals surface area contributed by atoms with Crippen LogP contribution in [0.15, 0.2) is 23.0 Å². The van der Waals surface area contributed by atoms with E-state index in [1.807, 2.05) is 0 Å². The summed E-state index contributed by atoms with van der Waals surface area (Å²) in [5.41, 5.74) is -1.85. The van der Waals surface area contributed by atoms with Gasteiger partial charge in [-0.15, -0.1) is 0 Å². The number of rotatable bonds is 8. The predicted octanol–water partition coefficient (Wildman–Crippen LogP) is 2.63. The molecule has 2 N–H and O–H groups in total. The maximum absolute atomic E-state index is 13.7. The Morgan fingerprint density at radius 1 is 1.15 bits per heavy atom. The van der Waals surface area contributed by atoms with Gasteiger partial charge in [-0.2, -0.15) is 0 Å². The van der Waals surface area contributed by atoms with Gasteiger partial charge in [-0.05, 0) is 69.3 Å². The van der Waals surface area contributed by atoms with E-state index < -0.39 is 45.8 Å². The molecule has 6 rings (SSSR count). The number of carbonyl (C=O) groups excluding carboxylic acids is 3. The highest BCUT2D eigenvalue weighted by molar-refractivity contribution is 6.36. The van der Waals surface area contributed by atoms with Gasteiger partial charge in [-0.1, -0.05) is 17.7 Å². The van der Waals surface area contributed by atoms with E-state index in [2.05, 4.69) is 15.2 Å². The molecule has 41 heavy (non-hydrogen) atoms. The van der Waals surface area contributed by atoms with E-state index in [9.17, 15) is 28.7 Å². The summed E-state index contributed by atoms with van der Waals surface area (Å²) in [5.74, 6) is -3.12.